The third kappa shape index (κ3) is 4.98. The lowest BCUT2D eigenvalue weighted by Crippen LogP contribution is -2.53. The van der Waals surface area contributed by atoms with Crippen LogP contribution in [0, 0.1) is 29.6 Å². The number of esters is 1. The normalized spacial score (nSPS) is 27.4. The fourth-order valence-electron chi connectivity index (χ4n) is 5.26. The molecule has 1 saturated heterocycles. The van der Waals surface area contributed by atoms with Crippen molar-refractivity contribution in [3.8, 4) is 0 Å². The topological polar surface area (TPSA) is 95.9 Å². The van der Waals surface area contributed by atoms with Crippen LogP contribution in [0.4, 0.5) is 0 Å². The molecule has 0 saturated carbocycles. The van der Waals surface area contributed by atoms with Gasteiger partial charge in [-0.25, -0.2) is 0 Å². The first-order valence-corrected chi connectivity index (χ1v) is 11.9. The van der Waals surface area contributed by atoms with Crippen LogP contribution < -0.4 is 5.32 Å². The van der Waals surface area contributed by atoms with Crippen LogP contribution in [0.5, 0.6) is 0 Å². The first-order chi connectivity index (χ1) is 15.8. The molecule has 1 fully saturated rings. The smallest absolute Gasteiger partial charge is 0.310 e. The number of allylic oxidation sites excluding steroid dienone is 1. The fourth-order valence-corrected chi connectivity index (χ4v) is 5.26. The maximum atomic E-state index is 13.8. The Balaban J connectivity index is 1.98. The number of likely N-dealkylation sites (tertiary alicyclic amines) is 1. The van der Waals surface area contributed by atoms with Crippen molar-refractivity contribution in [3.05, 3.63) is 48.0 Å². The summed E-state index contributed by atoms with van der Waals surface area (Å²) in [6, 6.07) is 8.25. The average molecular weight is 457 g/mol. The molecule has 0 bridgehead atoms. The number of hydrogen-bond acceptors (Lipinski definition) is 5. The van der Waals surface area contributed by atoms with Gasteiger partial charge in [0.15, 0.2) is 0 Å². The molecule has 3 rings (SSSR count). The molecule has 1 aliphatic carbocycles. The van der Waals surface area contributed by atoms with Gasteiger partial charge in [-0.3, -0.25) is 14.4 Å². The van der Waals surface area contributed by atoms with E-state index in [0.29, 0.717) is 13.0 Å². The number of ether oxygens (including phenoxy) is 1. The maximum absolute atomic E-state index is 13.8. The molecular formula is C26H36N2O5. The van der Waals surface area contributed by atoms with Crippen molar-refractivity contribution >= 4 is 17.8 Å². The summed E-state index contributed by atoms with van der Waals surface area (Å²) in [4.78, 5) is 41.8. The molecule has 0 spiro atoms. The van der Waals surface area contributed by atoms with E-state index >= 15 is 0 Å². The Kier molecular flexibility index (Phi) is 8.30. The van der Waals surface area contributed by atoms with Crippen LogP contribution in [0.2, 0.25) is 0 Å². The van der Waals surface area contributed by atoms with Crippen LogP contribution in [0.1, 0.15) is 39.7 Å². The second-order valence-corrected chi connectivity index (χ2v) is 9.23. The Morgan fingerprint density at radius 2 is 1.85 bits per heavy atom. The zero-order valence-electron chi connectivity index (χ0n) is 19.9. The SMILES string of the molecule is CCOC(=O)[C@H]1[C@H]2C(=O)N([C@@H](CO)C(C)C)[C@H](C(=O)NCc3ccccc3)[C@H]2C=C[C@H]1CC. The number of aliphatic hydroxyl groups is 1. The van der Waals surface area contributed by atoms with Gasteiger partial charge in [0, 0.05) is 12.5 Å². The van der Waals surface area contributed by atoms with Crippen molar-refractivity contribution in [2.75, 3.05) is 13.2 Å². The van der Waals surface area contributed by atoms with Crippen LogP contribution in [0.3, 0.4) is 0 Å². The number of benzene rings is 1. The Hall–Kier alpha value is -2.67. The third-order valence-electron chi connectivity index (χ3n) is 6.97. The predicted molar refractivity (Wildman–Crippen MR) is 125 cm³/mol. The van der Waals surface area contributed by atoms with Crippen molar-refractivity contribution in [1.29, 1.82) is 0 Å². The molecule has 1 aliphatic heterocycles. The molecule has 7 heteroatoms. The molecule has 0 radical (unpaired) electrons. The molecule has 7 nitrogen and oxygen atoms in total. The van der Waals surface area contributed by atoms with E-state index in [1.54, 1.807) is 6.92 Å². The average Bonchev–Trinajstić information content (AvgIpc) is 3.10. The molecule has 1 heterocycles. The summed E-state index contributed by atoms with van der Waals surface area (Å²) in [5, 5.41) is 13.1. The summed E-state index contributed by atoms with van der Waals surface area (Å²) < 4.78 is 5.35. The van der Waals surface area contributed by atoms with Gasteiger partial charge in [0.25, 0.3) is 0 Å². The minimum Gasteiger partial charge on any atom is -0.466 e. The van der Waals surface area contributed by atoms with Crippen LogP contribution in [0.25, 0.3) is 0 Å². The summed E-state index contributed by atoms with van der Waals surface area (Å²) in [5.41, 5.74) is 0.954. The largest absolute Gasteiger partial charge is 0.466 e. The highest BCUT2D eigenvalue weighted by atomic mass is 16.5. The number of hydrogen-bond donors (Lipinski definition) is 2. The first-order valence-electron chi connectivity index (χ1n) is 11.9. The van der Waals surface area contributed by atoms with E-state index in [1.807, 2.05) is 63.3 Å². The Morgan fingerprint density at radius 1 is 1.15 bits per heavy atom. The molecule has 33 heavy (non-hydrogen) atoms. The lowest BCUT2D eigenvalue weighted by Gasteiger charge is -2.35. The van der Waals surface area contributed by atoms with Crippen molar-refractivity contribution < 1.29 is 24.2 Å². The van der Waals surface area contributed by atoms with Gasteiger partial charge in [0.1, 0.15) is 6.04 Å². The van der Waals surface area contributed by atoms with Gasteiger partial charge in [0.05, 0.1) is 31.1 Å². The summed E-state index contributed by atoms with van der Waals surface area (Å²) in [5.74, 6) is -2.90. The Labute approximate surface area is 196 Å². The molecule has 1 aromatic rings. The predicted octanol–water partition coefficient (Wildman–Crippen LogP) is 2.54. The summed E-state index contributed by atoms with van der Waals surface area (Å²) in [6.45, 7) is 7.88. The first kappa shape index (κ1) is 25.0. The van der Waals surface area contributed by atoms with Gasteiger partial charge in [-0.2, -0.15) is 0 Å². The van der Waals surface area contributed by atoms with Crippen LogP contribution in [-0.2, 0) is 25.7 Å². The van der Waals surface area contributed by atoms with E-state index in [9.17, 15) is 19.5 Å². The molecule has 2 aliphatic rings. The molecule has 6 atom stereocenters. The number of carbonyl (C=O) groups excluding carboxylic acids is 3. The van der Waals surface area contributed by atoms with Crippen molar-refractivity contribution in [1.82, 2.24) is 10.2 Å². The van der Waals surface area contributed by atoms with Crippen LogP contribution in [-0.4, -0.2) is 53.1 Å². The van der Waals surface area contributed by atoms with Crippen LogP contribution in [0.15, 0.2) is 42.5 Å². The van der Waals surface area contributed by atoms with Gasteiger partial charge in [-0.05, 0) is 30.7 Å². The van der Waals surface area contributed by atoms with E-state index in [1.165, 1.54) is 4.90 Å². The lowest BCUT2D eigenvalue weighted by atomic mass is 9.69. The molecule has 0 unspecified atom stereocenters. The Morgan fingerprint density at radius 3 is 2.42 bits per heavy atom. The van der Waals surface area contributed by atoms with Crippen molar-refractivity contribution in [3.63, 3.8) is 0 Å². The molecule has 2 N–H and O–H groups in total. The van der Waals surface area contributed by atoms with Gasteiger partial charge in [-0.1, -0.05) is 63.3 Å². The Bertz CT molecular complexity index is 869. The summed E-state index contributed by atoms with van der Waals surface area (Å²) >= 11 is 0. The van der Waals surface area contributed by atoms with Crippen molar-refractivity contribution in [2.45, 2.75) is 52.7 Å². The lowest BCUT2D eigenvalue weighted by molar-refractivity contribution is -0.156. The number of aliphatic hydroxyl groups excluding tert-OH is 1. The van der Waals surface area contributed by atoms with Gasteiger partial charge in [-0.15, -0.1) is 0 Å². The third-order valence-corrected chi connectivity index (χ3v) is 6.97. The molecular weight excluding hydrogens is 420 g/mol. The molecule has 0 aromatic heterocycles. The van der Waals surface area contributed by atoms with Gasteiger partial charge >= 0.3 is 5.97 Å². The van der Waals surface area contributed by atoms with Crippen LogP contribution >= 0.6 is 0 Å². The number of carbonyl (C=O) groups is 3. The summed E-state index contributed by atoms with van der Waals surface area (Å²) in [7, 11) is 0. The van der Waals surface area contributed by atoms with Crippen molar-refractivity contribution in [2.24, 2.45) is 29.6 Å². The zero-order valence-corrected chi connectivity index (χ0v) is 19.9. The van der Waals surface area contributed by atoms with E-state index in [4.69, 9.17) is 4.74 Å². The van der Waals surface area contributed by atoms with E-state index in [2.05, 4.69) is 5.32 Å². The number of rotatable bonds is 9. The fraction of sp³-hybridized carbons (Fsp3) is 0.577. The highest BCUT2D eigenvalue weighted by Crippen LogP contribution is 2.46. The second kappa shape index (κ2) is 11.0. The highest BCUT2D eigenvalue weighted by molar-refractivity contribution is 5.96. The van der Waals surface area contributed by atoms with E-state index in [-0.39, 0.29) is 36.9 Å². The number of nitrogens with one attached hydrogen (secondary N) is 1. The monoisotopic (exact) mass is 456 g/mol. The number of fused-ring (bicyclic) bond motifs is 1. The van der Waals surface area contributed by atoms with Gasteiger partial charge < -0.3 is 20.1 Å². The highest BCUT2D eigenvalue weighted by Gasteiger charge is 2.59. The minimum atomic E-state index is -0.795. The minimum absolute atomic E-state index is 0.0597. The second-order valence-electron chi connectivity index (χ2n) is 9.23. The summed E-state index contributed by atoms with van der Waals surface area (Å²) in [6.07, 6.45) is 4.57. The molecule has 2 amide bonds. The quantitative estimate of drug-likeness (QED) is 0.440. The standard InChI is InChI=1S/C26H36N2O5/c1-5-18-12-13-19-22(21(18)26(32)33-6-2)25(31)28(20(15-29)16(3)4)23(19)24(30)27-14-17-10-8-7-9-11-17/h7-13,16,18-23,29H,5-6,14-15H2,1-4H3,(H,27,30)/t18-,19+,20+,21-,22+,23+/m1/s1. The maximum Gasteiger partial charge on any atom is 0.310 e. The number of nitrogens with zero attached hydrogens (tertiary/aromatic N) is 1. The van der Waals surface area contributed by atoms with Gasteiger partial charge in [0.2, 0.25) is 11.8 Å². The molecule has 180 valence electrons. The van der Waals surface area contributed by atoms with E-state index in [0.717, 1.165) is 5.56 Å². The number of amides is 2. The zero-order chi connectivity index (χ0) is 24.1. The van der Waals surface area contributed by atoms with E-state index < -0.39 is 35.8 Å². The molecule has 1 aromatic carbocycles.